The first kappa shape index (κ1) is 23.0. The van der Waals surface area contributed by atoms with Crippen molar-refractivity contribution in [2.75, 3.05) is 13.1 Å². The van der Waals surface area contributed by atoms with Crippen molar-refractivity contribution in [3.63, 3.8) is 0 Å². The minimum Gasteiger partial charge on any atom is -0.385 e. The van der Waals surface area contributed by atoms with Crippen LogP contribution in [0.5, 0.6) is 0 Å². The predicted octanol–water partition coefficient (Wildman–Crippen LogP) is 3.57. The number of sulfonamides is 1. The predicted molar refractivity (Wildman–Crippen MR) is 124 cm³/mol. The van der Waals surface area contributed by atoms with Gasteiger partial charge in [0.15, 0.2) is 0 Å². The van der Waals surface area contributed by atoms with Crippen LogP contribution in [-0.4, -0.2) is 47.8 Å². The van der Waals surface area contributed by atoms with Crippen LogP contribution in [0.15, 0.2) is 54.6 Å². The van der Waals surface area contributed by atoms with Crippen molar-refractivity contribution in [2.45, 2.75) is 63.0 Å². The molecule has 0 spiro atoms. The van der Waals surface area contributed by atoms with E-state index in [4.69, 9.17) is 0 Å². The second kappa shape index (κ2) is 8.96. The number of hydrogen-bond acceptors (Lipinski definition) is 4. The zero-order valence-corrected chi connectivity index (χ0v) is 19.6. The van der Waals surface area contributed by atoms with Crippen molar-refractivity contribution in [3.8, 4) is 0 Å². The summed E-state index contributed by atoms with van der Waals surface area (Å²) in [5.41, 5.74) is 1.62. The zero-order valence-electron chi connectivity index (χ0n) is 18.8. The number of hydrogen-bond donors (Lipinski definition) is 1. The third-order valence-electron chi connectivity index (χ3n) is 7.06. The Morgan fingerprint density at radius 3 is 2.25 bits per heavy atom. The fourth-order valence-corrected chi connectivity index (χ4v) is 7.13. The standard InChI is InChI=1S/C25H32N2O4S/c1-19-8-13-24(22-6-4-3-5-7-22)32(30,31)27(19)18-21-9-11-23(12-10-21)25(29)14-16-26(17-15-25)20(2)28/h3-7,9-12,19,24,29H,8,13-18H2,1-2H3/t19-,24+/m0/s1. The number of aliphatic hydroxyl groups is 1. The van der Waals surface area contributed by atoms with Gasteiger partial charge in [0.2, 0.25) is 15.9 Å². The fraction of sp³-hybridized carbons (Fsp3) is 0.480. The highest BCUT2D eigenvalue weighted by Crippen LogP contribution is 2.38. The molecule has 0 aromatic heterocycles. The van der Waals surface area contributed by atoms with Gasteiger partial charge >= 0.3 is 0 Å². The third kappa shape index (κ3) is 4.47. The molecule has 7 heteroatoms. The van der Waals surface area contributed by atoms with Gasteiger partial charge in [-0.3, -0.25) is 4.79 Å². The summed E-state index contributed by atoms with van der Waals surface area (Å²) >= 11 is 0. The lowest BCUT2D eigenvalue weighted by molar-refractivity contribution is -0.133. The van der Waals surface area contributed by atoms with Crippen LogP contribution in [0.25, 0.3) is 0 Å². The van der Waals surface area contributed by atoms with E-state index in [0.29, 0.717) is 38.9 Å². The van der Waals surface area contributed by atoms with Crippen molar-refractivity contribution in [1.82, 2.24) is 9.21 Å². The number of piperidine rings is 1. The van der Waals surface area contributed by atoms with Crippen molar-refractivity contribution < 1.29 is 18.3 Å². The van der Waals surface area contributed by atoms with Crippen LogP contribution in [0.2, 0.25) is 0 Å². The molecule has 0 aliphatic carbocycles. The molecule has 2 aliphatic rings. The van der Waals surface area contributed by atoms with Crippen LogP contribution in [0.4, 0.5) is 0 Å². The van der Waals surface area contributed by atoms with Crippen LogP contribution in [0.3, 0.4) is 0 Å². The summed E-state index contributed by atoms with van der Waals surface area (Å²) in [6.07, 6.45) is 2.46. The van der Waals surface area contributed by atoms with Crippen molar-refractivity contribution >= 4 is 15.9 Å². The van der Waals surface area contributed by atoms with Crippen LogP contribution < -0.4 is 0 Å². The Hall–Kier alpha value is -2.22. The van der Waals surface area contributed by atoms with Gasteiger partial charge in [-0.25, -0.2) is 8.42 Å². The van der Waals surface area contributed by atoms with Crippen LogP contribution in [0.1, 0.15) is 61.5 Å². The number of rotatable bonds is 4. The average Bonchev–Trinajstić information content (AvgIpc) is 2.78. The van der Waals surface area contributed by atoms with E-state index in [1.165, 1.54) is 0 Å². The van der Waals surface area contributed by atoms with E-state index in [1.807, 2.05) is 61.5 Å². The maximum Gasteiger partial charge on any atom is 0.221 e. The van der Waals surface area contributed by atoms with Crippen molar-refractivity contribution in [3.05, 3.63) is 71.3 Å². The second-order valence-corrected chi connectivity index (χ2v) is 11.2. The highest BCUT2D eigenvalue weighted by atomic mass is 32.2. The summed E-state index contributed by atoms with van der Waals surface area (Å²) in [5.74, 6) is 0.0352. The molecule has 0 bridgehead atoms. The molecule has 0 saturated carbocycles. The van der Waals surface area contributed by atoms with Gasteiger partial charge in [-0.05, 0) is 49.3 Å². The van der Waals surface area contributed by atoms with Crippen LogP contribution in [0, 0.1) is 0 Å². The summed E-state index contributed by atoms with van der Waals surface area (Å²) in [6, 6.07) is 17.0. The molecule has 4 rings (SSSR count). The maximum absolute atomic E-state index is 13.4. The van der Waals surface area contributed by atoms with E-state index in [0.717, 1.165) is 23.1 Å². The van der Waals surface area contributed by atoms with Gasteiger partial charge < -0.3 is 10.0 Å². The van der Waals surface area contributed by atoms with E-state index in [2.05, 4.69) is 0 Å². The van der Waals surface area contributed by atoms with E-state index < -0.39 is 20.9 Å². The Labute approximate surface area is 190 Å². The number of carbonyl (C=O) groups is 1. The van der Waals surface area contributed by atoms with Gasteiger partial charge in [-0.1, -0.05) is 54.6 Å². The second-order valence-electron chi connectivity index (χ2n) is 9.15. The molecule has 2 aromatic carbocycles. The van der Waals surface area contributed by atoms with Gasteiger partial charge in [0.05, 0.1) is 5.60 Å². The third-order valence-corrected chi connectivity index (χ3v) is 9.43. The van der Waals surface area contributed by atoms with E-state index >= 15 is 0 Å². The minimum atomic E-state index is -3.48. The summed E-state index contributed by atoms with van der Waals surface area (Å²) in [7, 11) is -3.48. The molecule has 32 heavy (non-hydrogen) atoms. The highest BCUT2D eigenvalue weighted by molar-refractivity contribution is 7.89. The number of nitrogens with zero attached hydrogens (tertiary/aromatic N) is 2. The minimum absolute atomic E-state index is 0.0352. The number of benzene rings is 2. The number of amides is 1. The normalized spacial score (nSPS) is 25.4. The van der Waals surface area contributed by atoms with E-state index in [-0.39, 0.29) is 11.9 Å². The first-order valence-corrected chi connectivity index (χ1v) is 12.8. The fourth-order valence-electron chi connectivity index (χ4n) is 4.93. The Bertz CT molecular complexity index is 1050. The quantitative estimate of drug-likeness (QED) is 0.763. The molecule has 2 saturated heterocycles. The molecule has 2 aromatic rings. The molecule has 0 radical (unpaired) electrons. The molecule has 1 amide bonds. The lowest BCUT2D eigenvalue weighted by Crippen LogP contribution is -2.45. The van der Waals surface area contributed by atoms with Gasteiger partial charge in [0.25, 0.3) is 0 Å². The zero-order chi connectivity index (χ0) is 22.9. The Morgan fingerprint density at radius 2 is 1.66 bits per heavy atom. The van der Waals surface area contributed by atoms with Crippen LogP contribution >= 0.6 is 0 Å². The molecule has 2 fully saturated rings. The number of likely N-dealkylation sites (tertiary alicyclic amines) is 1. The van der Waals surface area contributed by atoms with Crippen LogP contribution in [-0.2, 0) is 27.0 Å². The van der Waals surface area contributed by atoms with Gasteiger partial charge in [0, 0.05) is 32.6 Å². The summed E-state index contributed by atoms with van der Waals surface area (Å²) in [4.78, 5) is 13.3. The Balaban J connectivity index is 1.49. The maximum atomic E-state index is 13.4. The first-order valence-electron chi connectivity index (χ1n) is 11.3. The molecular weight excluding hydrogens is 424 g/mol. The van der Waals surface area contributed by atoms with E-state index in [1.54, 1.807) is 16.1 Å². The van der Waals surface area contributed by atoms with Crippen molar-refractivity contribution in [1.29, 1.82) is 0 Å². The Morgan fingerprint density at radius 1 is 1.03 bits per heavy atom. The molecule has 2 atom stereocenters. The Kier molecular flexibility index (Phi) is 6.43. The number of carbonyl (C=O) groups excluding carboxylic acids is 1. The van der Waals surface area contributed by atoms with Gasteiger partial charge in [0.1, 0.15) is 5.25 Å². The molecule has 172 valence electrons. The summed E-state index contributed by atoms with van der Waals surface area (Å²) < 4.78 is 28.5. The lowest BCUT2D eigenvalue weighted by Gasteiger charge is -2.39. The highest BCUT2D eigenvalue weighted by Gasteiger charge is 2.40. The molecule has 2 aliphatic heterocycles. The molecule has 1 N–H and O–H groups in total. The lowest BCUT2D eigenvalue weighted by atomic mass is 9.84. The smallest absolute Gasteiger partial charge is 0.221 e. The van der Waals surface area contributed by atoms with E-state index in [9.17, 15) is 18.3 Å². The van der Waals surface area contributed by atoms with Gasteiger partial charge in [-0.15, -0.1) is 0 Å². The SMILES string of the molecule is CC(=O)N1CCC(O)(c2ccc(CN3[C@@H](C)CC[C@H](c4ccccc4)S3(=O)=O)cc2)CC1. The molecule has 6 nitrogen and oxygen atoms in total. The average molecular weight is 457 g/mol. The topological polar surface area (TPSA) is 77.9 Å². The summed E-state index contributed by atoms with van der Waals surface area (Å²) in [6.45, 7) is 4.93. The molecular formula is C25H32N2O4S. The largest absolute Gasteiger partial charge is 0.385 e. The van der Waals surface area contributed by atoms with Gasteiger partial charge in [-0.2, -0.15) is 4.31 Å². The van der Waals surface area contributed by atoms with Crippen molar-refractivity contribution in [2.24, 2.45) is 0 Å². The molecule has 2 heterocycles. The first-order chi connectivity index (χ1) is 15.2. The monoisotopic (exact) mass is 456 g/mol. The summed E-state index contributed by atoms with van der Waals surface area (Å²) in [5, 5.41) is 10.6. The molecule has 0 unspecified atom stereocenters.